The number of esters is 1. The highest BCUT2D eigenvalue weighted by molar-refractivity contribution is 8.18. The van der Waals surface area contributed by atoms with Crippen LogP contribution < -0.4 is 9.47 Å². The van der Waals surface area contributed by atoms with Gasteiger partial charge in [0.1, 0.15) is 26.3 Å². The van der Waals surface area contributed by atoms with Crippen LogP contribution in [0.3, 0.4) is 0 Å². The number of methoxy groups -OCH3 is 4. The van der Waals surface area contributed by atoms with Gasteiger partial charge in [-0.25, -0.2) is 4.79 Å². The zero-order valence-electron chi connectivity index (χ0n) is 21.3. The van der Waals surface area contributed by atoms with E-state index in [0.717, 1.165) is 30.6 Å². The molecular weight excluding hydrogens is 597 g/mol. The van der Waals surface area contributed by atoms with E-state index in [1.54, 1.807) is 0 Å². The van der Waals surface area contributed by atoms with E-state index < -0.39 is 26.2 Å². The lowest BCUT2D eigenvalue weighted by Crippen LogP contribution is -2.15. The van der Waals surface area contributed by atoms with Gasteiger partial charge in [-0.1, -0.05) is 22.1 Å². The van der Waals surface area contributed by atoms with Gasteiger partial charge in [0.15, 0.2) is 0 Å². The van der Waals surface area contributed by atoms with Gasteiger partial charge in [0.25, 0.3) is 0 Å². The minimum Gasteiger partial charge on any atom is -0.497 e. The summed E-state index contributed by atoms with van der Waals surface area (Å²) in [5, 5.41) is 6.99. The van der Waals surface area contributed by atoms with Gasteiger partial charge in [0.2, 0.25) is 5.04 Å². The van der Waals surface area contributed by atoms with Gasteiger partial charge in [-0.3, -0.25) is 8.57 Å². The summed E-state index contributed by atoms with van der Waals surface area (Å²) in [6.45, 7) is -0.0470. The molecule has 39 heavy (non-hydrogen) atoms. The second-order valence-electron chi connectivity index (χ2n) is 6.91. The molecule has 0 radical (unpaired) electrons. The molecule has 17 heteroatoms. The van der Waals surface area contributed by atoms with Crippen molar-refractivity contribution < 1.29 is 49.1 Å². The van der Waals surface area contributed by atoms with E-state index in [1.165, 1.54) is 69.9 Å². The molecule has 0 saturated heterocycles. The van der Waals surface area contributed by atoms with E-state index in [0.29, 0.717) is 11.5 Å². The van der Waals surface area contributed by atoms with Gasteiger partial charge in [-0.05, 0) is 48.5 Å². The van der Waals surface area contributed by atoms with Crippen LogP contribution in [0.15, 0.2) is 68.6 Å². The molecule has 2 aromatic carbocycles. The smallest absolute Gasteiger partial charge is 0.366 e. The minimum atomic E-state index is -4.31. The first-order chi connectivity index (χ1) is 18.6. The summed E-state index contributed by atoms with van der Waals surface area (Å²) in [4.78, 5) is 11.7. The summed E-state index contributed by atoms with van der Waals surface area (Å²) >= 11 is 1.95. The van der Waals surface area contributed by atoms with Crippen LogP contribution in [0.1, 0.15) is 0 Å². The Kier molecular flexibility index (Phi) is 12.9. The molecule has 214 valence electrons. The number of thioether (sulfide) groups is 2. The van der Waals surface area contributed by atoms with Crippen molar-refractivity contribution >= 4 is 59.8 Å². The fraction of sp³-hybridized carbons (Fsp3) is 0.318. The molecule has 0 amide bonds. The summed E-state index contributed by atoms with van der Waals surface area (Å²) in [5.74, 6) is 0.498. The van der Waals surface area contributed by atoms with Crippen LogP contribution in [0.4, 0.5) is 0 Å². The third kappa shape index (κ3) is 10.2. The van der Waals surface area contributed by atoms with Crippen LogP contribution in [-0.2, 0) is 43.1 Å². The summed E-state index contributed by atoms with van der Waals surface area (Å²) in [5.41, 5.74) is 0. The second-order valence-corrected chi connectivity index (χ2v) is 12.2. The van der Waals surface area contributed by atoms with Crippen LogP contribution in [0.5, 0.6) is 11.5 Å². The van der Waals surface area contributed by atoms with E-state index in [1.807, 2.05) is 0 Å². The molecule has 13 nitrogen and oxygen atoms in total. The molecule has 0 bridgehead atoms. The van der Waals surface area contributed by atoms with Crippen molar-refractivity contribution in [1.29, 1.82) is 0 Å². The molecule has 0 fully saturated rings. The molecule has 0 atom stereocenters. The highest BCUT2D eigenvalue weighted by Crippen LogP contribution is 2.20. The average molecular weight is 623 g/mol. The molecular formula is C22H26N2O11S4. The summed E-state index contributed by atoms with van der Waals surface area (Å²) in [6, 6.07) is 10.9. The Morgan fingerprint density at radius 3 is 1.62 bits per heavy atom. The van der Waals surface area contributed by atoms with Gasteiger partial charge in [-0.2, -0.15) is 16.8 Å². The van der Waals surface area contributed by atoms with Gasteiger partial charge < -0.3 is 18.9 Å². The topological polar surface area (TPSA) is 165 Å². The zero-order chi connectivity index (χ0) is 28.9. The maximum Gasteiger partial charge on any atom is 0.366 e. The van der Waals surface area contributed by atoms with E-state index >= 15 is 0 Å². The van der Waals surface area contributed by atoms with Gasteiger partial charge >= 0.3 is 26.2 Å². The fourth-order valence-electron chi connectivity index (χ4n) is 2.47. The van der Waals surface area contributed by atoms with Crippen LogP contribution in [0, 0.1) is 0 Å². The number of carbonyl (C=O) groups excluding carboxylic acids is 1. The Hall–Kier alpha value is -2.99. The van der Waals surface area contributed by atoms with Crippen LogP contribution in [-0.4, -0.2) is 79.4 Å². The van der Waals surface area contributed by atoms with Crippen molar-refractivity contribution in [2.75, 3.05) is 46.6 Å². The minimum absolute atomic E-state index is 0.0470. The highest BCUT2D eigenvalue weighted by atomic mass is 32.2. The molecule has 0 saturated carbocycles. The molecule has 0 unspecified atom stereocenters. The fourth-order valence-corrected chi connectivity index (χ4v) is 5.71. The largest absolute Gasteiger partial charge is 0.497 e. The van der Waals surface area contributed by atoms with E-state index in [9.17, 15) is 21.6 Å². The predicted molar refractivity (Wildman–Crippen MR) is 146 cm³/mol. The lowest BCUT2D eigenvalue weighted by molar-refractivity contribution is -0.132. The van der Waals surface area contributed by atoms with Crippen molar-refractivity contribution in [1.82, 2.24) is 0 Å². The van der Waals surface area contributed by atoms with E-state index in [2.05, 4.69) is 19.3 Å². The molecule has 2 rings (SSSR count). The van der Waals surface area contributed by atoms with Crippen molar-refractivity contribution in [2.45, 2.75) is 9.79 Å². The Labute approximate surface area is 235 Å². The van der Waals surface area contributed by atoms with Crippen molar-refractivity contribution in [3.63, 3.8) is 0 Å². The van der Waals surface area contributed by atoms with Crippen molar-refractivity contribution in [2.24, 2.45) is 10.3 Å². The SMILES string of the molecule is COC/C(=N/OS(=O)(=O)c1ccc(OC)cc1)SCCS/C(=N\OS(=O)(=O)c1ccc(OC)cc1)C(=O)OC. The third-order valence-corrected chi connectivity index (χ3v) is 8.73. The standard InChI is InChI=1S/C22H26N2O11S4/c1-30-15-20(23-34-38(26,27)18-9-5-16(31-2)6-10-18)36-13-14-37-21(22(25)33-4)24-35-39(28,29)19-11-7-17(32-3)8-12-19/h5-12H,13-15H2,1-4H3/b23-20-,24-21-. The summed E-state index contributed by atoms with van der Waals surface area (Å²) in [6.07, 6.45) is 0. The van der Waals surface area contributed by atoms with Crippen LogP contribution in [0.2, 0.25) is 0 Å². The first kappa shape index (κ1) is 32.2. The monoisotopic (exact) mass is 622 g/mol. The van der Waals surface area contributed by atoms with Crippen molar-refractivity contribution in [3.05, 3.63) is 48.5 Å². The number of nitrogens with zero attached hydrogens (tertiary/aromatic N) is 2. The summed E-state index contributed by atoms with van der Waals surface area (Å²) < 4.78 is 78.7. The quantitative estimate of drug-likeness (QED) is 0.105. The van der Waals surface area contributed by atoms with E-state index in [-0.39, 0.29) is 38.0 Å². The lowest BCUT2D eigenvalue weighted by Gasteiger charge is -2.07. The number of benzene rings is 2. The number of hydrogen-bond donors (Lipinski definition) is 0. The third-order valence-electron chi connectivity index (χ3n) is 4.37. The Morgan fingerprint density at radius 2 is 1.18 bits per heavy atom. The number of oxime groups is 2. The predicted octanol–water partition coefficient (Wildman–Crippen LogP) is 2.73. The van der Waals surface area contributed by atoms with Gasteiger partial charge in [-0.15, -0.1) is 11.8 Å². The molecule has 0 aromatic heterocycles. The Bertz CT molecular complexity index is 1360. The lowest BCUT2D eigenvalue weighted by atomic mass is 10.3. The van der Waals surface area contributed by atoms with E-state index in [4.69, 9.17) is 18.5 Å². The normalized spacial score (nSPS) is 12.5. The molecule has 0 N–H and O–H groups in total. The molecule has 0 aliphatic heterocycles. The maximum atomic E-state index is 12.4. The molecule has 0 spiro atoms. The first-order valence-corrected chi connectivity index (χ1v) is 15.5. The number of carbonyl (C=O) groups is 1. The highest BCUT2D eigenvalue weighted by Gasteiger charge is 2.20. The maximum absolute atomic E-state index is 12.4. The first-order valence-electron chi connectivity index (χ1n) is 10.7. The van der Waals surface area contributed by atoms with Crippen molar-refractivity contribution in [3.8, 4) is 11.5 Å². The summed E-state index contributed by atoms with van der Waals surface area (Å²) in [7, 11) is -3.10. The zero-order valence-corrected chi connectivity index (χ0v) is 24.5. The van der Waals surface area contributed by atoms with Gasteiger partial charge in [0, 0.05) is 18.6 Å². The number of hydrogen-bond acceptors (Lipinski definition) is 15. The molecule has 0 heterocycles. The number of rotatable bonds is 13. The average Bonchev–Trinajstić information content (AvgIpc) is 2.95. The molecule has 0 aliphatic rings. The molecule has 0 aliphatic carbocycles. The molecule has 2 aromatic rings. The van der Waals surface area contributed by atoms with Crippen LogP contribution in [0.25, 0.3) is 0 Å². The number of ether oxygens (including phenoxy) is 4. The Balaban J connectivity index is 2.00. The van der Waals surface area contributed by atoms with Gasteiger partial charge in [0.05, 0.1) is 27.9 Å². The van der Waals surface area contributed by atoms with Crippen LogP contribution >= 0.6 is 23.5 Å². The Morgan fingerprint density at radius 1 is 0.718 bits per heavy atom. The second kappa shape index (κ2) is 15.6.